The number of unbranched alkanes of at least 4 members (excludes halogenated alkanes) is 4. The predicted molar refractivity (Wildman–Crippen MR) is 77.7 cm³/mol. The lowest BCUT2D eigenvalue weighted by Crippen LogP contribution is -2.37. The quantitative estimate of drug-likeness (QED) is 0.437. The zero-order valence-corrected chi connectivity index (χ0v) is 12.6. The maximum absolute atomic E-state index is 2.48. The number of aromatic nitrogens is 2. The number of hydrogen-bond acceptors (Lipinski definition) is 0. The van der Waals surface area contributed by atoms with Crippen molar-refractivity contribution < 1.29 is 4.57 Å². The molecule has 0 aliphatic heterocycles. The van der Waals surface area contributed by atoms with Crippen molar-refractivity contribution >= 4 is 0 Å². The standard InChI is InChI=1S/C16H31N2/c1-4-7-9-10-11-16-17(12-6-3)14-15-18(16)13-8-5-2/h14-15H,4-13H2,1-3H3/q+1. The van der Waals surface area contributed by atoms with Crippen LogP contribution in [0.1, 0.15) is 71.5 Å². The van der Waals surface area contributed by atoms with Gasteiger partial charge in [-0.05, 0) is 19.3 Å². The molecule has 0 radical (unpaired) electrons. The molecular formula is C16H31N2+. The van der Waals surface area contributed by atoms with Crippen LogP contribution in [0.25, 0.3) is 0 Å². The second kappa shape index (κ2) is 9.18. The molecule has 0 N–H and O–H groups in total. The van der Waals surface area contributed by atoms with Gasteiger partial charge in [-0.15, -0.1) is 0 Å². The Morgan fingerprint density at radius 2 is 1.72 bits per heavy atom. The van der Waals surface area contributed by atoms with Gasteiger partial charge in [-0.3, -0.25) is 0 Å². The molecule has 1 rings (SSSR count). The van der Waals surface area contributed by atoms with Gasteiger partial charge in [-0.25, -0.2) is 9.13 Å². The molecule has 0 saturated heterocycles. The van der Waals surface area contributed by atoms with Gasteiger partial charge in [0, 0.05) is 6.42 Å². The Morgan fingerprint density at radius 3 is 2.39 bits per heavy atom. The van der Waals surface area contributed by atoms with E-state index in [2.05, 4.69) is 42.3 Å². The summed E-state index contributed by atoms with van der Waals surface area (Å²) in [6.07, 6.45) is 15.0. The second-order valence-electron chi connectivity index (χ2n) is 5.27. The van der Waals surface area contributed by atoms with Crippen molar-refractivity contribution in [3.8, 4) is 0 Å². The minimum absolute atomic E-state index is 1.17. The Balaban J connectivity index is 2.59. The molecule has 0 fully saturated rings. The van der Waals surface area contributed by atoms with Gasteiger partial charge >= 0.3 is 0 Å². The van der Waals surface area contributed by atoms with Crippen molar-refractivity contribution in [3.63, 3.8) is 0 Å². The van der Waals surface area contributed by atoms with E-state index in [1.165, 1.54) is 64.5 Å². The number of rotatable bonds is 10. The third-order valence-electron chi connectivity index (χ3n) is 3.56. The molecule has 0 bridgehead atoms. The molecule has 18 heavy (non-hydrogen) atoms. The second-order valence-corrected chi connectivity index (χ2v) is 5.27. The third-order valence-corrected chi connectivity index (χ3v) is 3.56. The third kappa shape index (κ3) is 4.83. The van der Waals surface area contributed by atoms with Crippen LogP contribution in [0.5, 0.6) is 0 Å². The molecule has 104 valence electrons. The summed E-state index contributed by atoms with van der Waals surface area (Å²) in [4.78, 5) is 0. The Bertz CT molecular complexity index is 315. The van der Waals surface area contributed by atoms with E-state index in [0.717, 1.165) is 0 Å². The number of imidazole rings is 1. The first-order chi connectivity index (χ1) is 8.83. The number of hydrogen-bond donors (Lipinski definition) is 0. The van der Waals surface area contributed by atoms with Gasteiger partial charge in [0.25, 0.3) is 5.82 Å². The molecule has 2 heteroatoms. The summed E-state index contributed by atoms with van der Waals surface area (Å²) in [5, 5.41) is 0. The summed E-state index contributed by atoms with van der Waals surface area (Å²) in [6.45, 7) is 9.17. The lowest BCUT2D eigenvalue weighted by atomic mass is 10.1. The molecule has 1 heterocycles. The van der Waals surface area contributed by atoms with Gasteiger partial charge in [0.15, 0.2) is 0 Å². The molecule has 0 aliphatic rings. The van der Waals surface area contributed by atoms with Crippen molar-refractivity contribution in [2.45, 2.75) is 85.2 Å². The summed E-state index contributed by atoms with van der Waals surface area (Å²) < 4.78 is 4.94. The zero-order valence-electron chi connectivity index (χ0n) is 12.6. The molecular weight excluding hydrogens is 220 g/mol. The summed E-state index contributed by atoms with van der Waals surface area (Å²) in [6, 6.07) is 0. The topological polar surface area (TPSA) is 8.81 Å². The van der Waals surface area contributed by atoms with E-state index >= 15 is 0 Å². The first kappa shape index (κ1) is 15.3. The van der Waals surface area contributed by atoms with E-state index in [1.54, 1.807) is 5.82 Å². The van der Waals surface area contributed by atoms with E-state index in [1.807, 2.05) is 0 Å². The van der Waals surface area contributed by atoms with Crippen LogP contribution in [0.4, 0.5) is 0 Å². The maximum Gasteiger partial charge on any atom is 0.256 e. The highest BCUT2D eigenvalue weighted by molar-refractivity contribution is 4.84. The van der Waals surface area contributed by atoms with Crippen molar-refractivity contribution in [1.82, 2.24) is 4.57 Å². The van der Waals surface area contributed by atoms with E-state index < -0.39 is 0 Å². The predicted octanol–water partition coefficient (Wildman–Crippen LogP) is 4.11. The summed E-state index contributed by atoms with van der Waals surface area (Å²) in [5.74, 6) is 1.54. The van der Waals surface area contributed by atoms with Crippen LogP contribution < -0.4 is 4.57 Å². The van der Waals surface area contributed by atoms with Crippen LogP contribution in [0, 0.1) is 0 Å². The Hall–Kier alpha value is -0.790. The molecule has 0 spiro atoms. The summed E-state index contributed by atoms with van der Waals surface area (Å²) in [7, 11) is 0. The van der Waals surface area contributed by atoms with Gasteiger partial charge in [0.1, 0.15) is 12.4 Å². The Morgan fingerprint density at radius 1 is 0.944 bits per heavy atom. The lowest BCUT2D eigenvalue weighted by molar-refractivity contribution is -0.703. The molecule has 0 atom stereocenters. The molecule has 0 amide bonds. The molecule has 1 aromatic heterocycles. The highest BCUT2D eigenvalue weighted by atomic mass is 15.1. The Kier molecular flexibility index (Phi) is 7.79. The van der Waals surface area contributed by atoms with E-state index in [9.17, 15) is 0 Å². The van der Waals surface area contributed by atoms with Crippen molar-refractivity contribution in [2.24, 2.45) is 0 Å². The van der Waals surface area contributed by atoms with Crippen molar-refractivity contribution in [3.05, 3.63) is 18.2 Å². The fourth-order valence-corrected chi connectivity index (χ4v) is 2.47. The van der Waals surface area contributed by atoms with E-state index in [-0.39, 0.29) is 0 Å². The van der Waals surface area contributed by atoms with Gasteiger partial charge in [-0.1, -0.05) is 46.5 Å². The highest BCUT2D eigenvalue weighted by Crippen LogP contribution is 2.07. The van der Waals surface area contributed by atoms with E-state index in [0.29, 0.717) is 0 Å². The van der Waals surface area contributed by atoms with Gasteiger partial charge in [-0.2, -0.15) is 0 Å². The zero-order chi connectivity index (χ0) is 13.2. The van der Waals surface area contributed by atoms with Gasteiger partial charge in [0.2, 0.25) is 0 Å². The van der Waals surface area contributed by atoms with Crippen LogP contribution in [-0.2, 0) is 19.5 Å². The van der Waals surface area contributed by atoms with Gasteiger partial charge in [0.05, 0.1) is 13.1 Å². The minimum atomic E-state index is 1.17. The summed E-state index contributed by atoms with van der Waals surface area (Å²) in [5.41, 5.74) is 0. The lowest BCUT2D eigenvalue weighted by Gasteiger charge is -2.04. The number of aryl methyl sites for hydroxylation is 2. The van der Waals surface area contributed by atoms with Crippen LogP contribution >= 0.6 is 0 Å². The van der Waals surface area contributed by atoms with Crippen molar-refractivity contribution in [2.75, 3.05) is 0 Å². The fourth-order valence-electron chi connectivity index (χ4n) is 2.47. The van der Waals surface area contributed by atoms with Crippen LogP contribution in [0.15, 0.2) is 12.4 Å². The smallest absolute Gasteiger partial charge is 0.234 e. The first-order valence-electron chi connectivity index (χ1n) is 7.90. The van der Waals surface area contributed by atoms with Crippen LogP contribution in [0.3, 0.4) is 0 Å². The average Bonchev–Trinajstić information content (AvgIpc) is 2.75. The summed E-state index contributed by atoms with van der Waals surface area (Å²) >= 11 is 0. The molecule has 0 unspecified atom stereocenters. The molecule has 0 aromatic carbocycles. The highest BCUT2D eigenvalue weighted by Gasteiger charge is 2.15. The molecule has 1 aromatic rings. The average molecular weight is 251 g/mol. The number of nitrogens with zero attached hydrogens (tertiary/aromatic N) is 2. The van der Waals surface area contributed by atoms with Crippen LogP contribution in [0.2, 0.25) is 0 Å². The van der Waals surface area contributed by atoms with Gasteiger partial charge < -0.3 is 0 Å². The molecule has 0 saturated carbocycles. The van der Waals surface area contributed by atoms with Crippen LogP contribution in [-0.4, -0.2) is 4.57 Å². The SMILES string of the molecule is CCCCCCc1n(CCCC)cc[n+]1CCC. The normalized spacial score (nSPS) is 11.1. The maximum atomic E-state index is 2.48. The van der Waals surface area contributed by atoms with Crippen molar-refractivity contribution in [1.29, 1.82) is 0 Å². The Labute approximate surface area is 113 Å². The molecule has 2 nitrogen and oxygen atoms in total. The first-order valence-corrected chi connectivity index (χ1v) is 7.90. The molecule has 0 aliphatic carbocycles. The minimum Gasteiger partial charge on any atom is -0.234 e. The fraction of sp³-hybridized carbons (Fsp3) is 0.812. The largest absolute Gasteiger partial charge is 0.256 e. The van der Waals surface area contributed by atoms with E-state index in [4.69, 9.17) is 0 Å². The monoisotopic (exact) mass is 251 g/mol.